The second kappa shape index (κ2) is 9.85. The first kappa shape index (κ1) is 25.6. The van der Waals surface area contributed by atoms with Gasteiger partial charge in [-0.25, -0.2) is 4.79 Å². The van der Waals surface area contributed by atoms with Crippen molar-refractivity contribution in [3.63, 3.8) is 0 Å². The Morgan fingerprint density at radius 1 is 1.08 bits per heavy atom. The van der Waals surface area contributed by atoms with Crippen molar-refractivity contribution in [2.45, 2.75) is 23.0 Å². The van der Waals surface area contributed by atoms with Crippen molar-refractivity contribution in [2.24, 2.45) is 0 Å². The van der Waals surface area contributed by atoms with Gasteiger partial charge in [0.2, 0.25) is 6.41 Å². The lowest BCUT2D eigenvalue weighted by Crippen LogP contribution is -2.69. The van der Waals surface area contributed by atoms with Gasteiger partial charge in [-0.05, 0) is 11.1 Å². The second-order valence-corrected chi connectivity index (χ2v) is 10.2. The highest BCUT2D eigenvalue weighted by Crippen LogP contribution is 2.43. The molecule has 0 bridgehead atoms. The molecule has 1 saturated heterocycles. The number of nitrogens with zero attached hydrogens (tertiary/aromatic N) is 1. The van der Waals surface area contributed by atoms with Crippen LogP contribution in [-0.4, -0.2) is 54.3 Å². The minimum atomic E-state index is -6.14. The standard InChI is InChI=1S/C22H17F3N2O7S2/c23-22(24,25)36(31,32)34-15-11-35-20-16(26-12-28)19(29)27(20)17(15)21(30)33-18(13-7-3-1-4-8-13)14-9-5-2-6-10-14/h1-10,12,16,18,20H,11H2,(H,26,28)/t16-,20-/m1/s1. The fourth-order valence-electron chi connectivity index (χ4n) is 3.67. The third-order valence-electron chi connectivity index (χ3n) is 5.30. The number of hydrogen-bond donors (Lipinski definition) is 1. The minimum absolute atomic E-state index is 0.267. The van der Waals surface area contributed by atoms with Crippen molar-refractivity contribution in [3.8, 4) is 0 Å². The van der Waals surface area contributed by atoms with Gasteiger partial charge in [0.1, 0.15) is 11.4 Å². The molecule has 2 amide bonds. The topological polar surface area (TPSA) is 119 Å². The van der Waals surface area contributed by atoms with E-state index in [1.165, 1.54) is 0 Å². The van der Waals surface area contributed by atoms with Crippen molar-refractivity contribution >= 4 is 40.2 Å². The van der Waals surface area contributed by atoms with E-state index in [2.05, 4.69) is 9.50 Å². The predicted octanol–water partition coefficient (Wildman–Crippen LogP) is 2.43. The number of β-lactam (4-membered cyclic amide) rings is 1. The predicted molar refractivity (Wildman–Crippen MR) is 120 cm³/mol. The van der Waals surface area contributed by atoms with Crippen LogP contribution in [0.2, 0.25) is 0 Å². The van der Waals surface area contributed by atoms with Gasteiger partial charge in [0, 0.05) is 0 Å². The summed E-state index contributed by atoms with van der Waals surface area (Å²) < 4.78 is 72.4. The Kier molecular flexibility index (Phi) is 7.00. The van der Waals surface area contributed by atoms with E-state index in [0.29, 0.717) is 11.1 Å². The maximum absolute atomic E-state index is 13.4. The molecule has 9 nitrogen and oxygen atoms in total. The molecule has 0 saturated carbocycles. The maximum atomic E-state index is 13.4. The highest BCUT2D eigenvalue weighted by molar-refractivity contribution is 8.00. The molecular formula is C22H17F3N2O7S2. The molecule has 1 N–H and O–H groups in total. The van der Waals surface area contributed by atoms with Gasteiger partial charge in [-0.15, -0.1) is 11.8 Å². The van der Waals surface area contributed by atoms with E-state index in [1.54, 1.807) is 60.7 Å². The Balaban J connectivity index is 1.75. The van der Waals surface area contributed by atoms with Crippen LogP contribution in [0.3, 0.4) is 0 Å². The summed E-state index contributed by atoms with van der Waals surface area (Å²) in [6.45, 7) is 0. The number of ether oxygens (including phenoxy) is 1. The molecule has 0 radical (unpaired) electrons. The first-order valence-corrected chi connectivity index (χ1v) is 12.7. The number of carbonyl (C=O) groups excluding carboxylic acids is 3. The molecule has 0 unspecified atom stereocenters. The largest absolute Gasteiger partial charge is 0.534 e. The molecule has 2 aliphatic rings. The zero-order chi connectivity index (χ0) is 26.1. The summed E-state index contributed by atoms with van der Waals surface area (Å²) in [5, 5.41) is 1.39. The van der Waals surface area contributed by atoms with Crippen LogP contribution in [0.4, 0.5) is 13.2 Å². The van der Waals surface area contributed by atoms with E-state index in [0.717, 1.165) is 16.7 Å². The molecule has 2 atom stereocenters. The molecule has 14 heteroatoms. The van der Waals surface area contributed by atoms with Crippen molar-refractivity contribution in [1.82, 2.24) is 10.2 Å². The van der Waals surface area contributed by atoms with Gasteiger partial charge in [-0.1, -0.05) is 60.7 Å². The Morgan fingerprint density at radius 3 is 2.14 bits per heavy atom. The molecule has 2 aromatic rings. The number of esters is 1. The molecule has 190 valence electrons. The highest BCUT2D eigenvalue weighted by Gasteiger charge is 2.56. The van der Waals surface area contributed by atoms with Crippen LogP contribution in [0.15, 0.2) is 72.1 Å². The van der Waals surface area contributed by atoms with E-state index in [-0.39, 0.29) is 6.41 Å². The lowest BCUT2D eigenvalue weighted by molar-refractivity contribution is -0.154. The summed E-state index contributed by atoms with van der Waals surface area (Å²) in [4.78, 5) is 37.6. The number of thioether (sulfide) groups is 1. The van der Waals surface area contributed by atoms with Crippen LogP contribution >= 0.6 is 11.8 Å². The first-order valence-electron chi connectivity index (χ1n) is 10.2. The lowest BCUT2D eigenvalue weighted by Gasteiger charge is -2.48. The maximum Gasteiger partial charge on any atom is 0.534 e. The molecule has 1 fully saturated rings. The van der Waals surface area contributed by atoms with Gasteiger partial charge in [0.05, 0.1) is 5.75 Å². The molecule has 0 aromatic heterocycles. The van der Waals surface area contributed by atoms with Crippen molar-refractivity contribution in [1.29, 1.82) is 0 Å². The zero-order valence-corrected chi connectivity index (χ0v) is 19.7. The number of amides is 2. The molecule has 0 aliphatic carbocycles. The van der Waals surface area contributed by atoms with E-state index in [1.807, 2.05) is 0 Å². The third-order valence-corrected chi connectivity index (χ3v) is 7.54. The molecule has 2 heterocycles. The summed E-state index contributed by atoms with van der Waals surface area (Å²) in [5.41, 5.74) is -5.52. The fourth-order valence-corrected chi connectivity index (χ4v) is 5.50. The SMILES string of the molecule is O=CN[C@@H]1C(=O)N2C(C(=O)OC(c3ccccc3)c3ccccc3)=C(OS(=O)(=O)C(F)(F)F)CS[C@H]12. The van der Waals surface area contributed by atoms with E-state index < -0.39 is 62.2 Å². The smallest absolute Gasteiger partial charge is 0.448 e. The molecule has 0 spiro atoms. The molecular weight excluding hydrogens is 525 g/mol. The van der Waals surface area contributed by atoms with Crippen LogP contribution in [0.25, 0.3) is 0 Å². The number of hydrogen-bond acceptors (Lipinski definition) is 8. The molecule has 4 rings (SSSR count). The number of benzene rings is 2. The number of fused-ring (bicyclic) bond motifs is 1. The average Bonchev–Trinajstić information content (AvgIpc) is 2.85. The fraction of sp³-hybridized carbons (Fsp3) is 0.227. The third kappa shape index (κ3) is 4.78. The summed E-state index contributed by atoms with van der Waals surface area (Å²) in [7, 11) is -6.14. The van der Waals surface area contributed by atoms with E-state index >= 15 is 0 Å². The summed E-state index contributed by atoms with van der Waals surface area (Å²) in [5.74, 6) is -3.53. The Labute approximate surface area is 207 Å². The number of halogens is 3. The average molecular weight is 543 g/mol. The van der Waals surface area contributed by atoms with Gasteiger partial charge < -0.3 is 14.2 Å². The van der Waals surface area contributed by atoms with Crippen LogP contribution < -0.4 is 5.32 Å². The number of nitrogens with one attached hydrogen (secondary N) is 1. The summed E-state index contributed by atoms with van der Waals surface area (Å²) in [6, 6.07) is 15.8. The molecule has 2 aliphatic heterocycles. The lowest BCUT2D eigenvalue weighted by atomic mass is 10.0. The van der Waals surface area contributed by atoms with Crippen LogP contribution in [0.1, 0.15) is 17.2 Å². The van der Waals surface area contributed by atoms with Crippen LogP contribution in [-0.2, 0) is 33.4 Å². The van der Waals surface area contributed by atoms with Crippen molar-refractivity contribution in [3.05, 3.63) is 83.2 Å². The van der Waals surface area contributed by atoms with Gasteiger partial charge in [0.15, 0.2) is 17.6 Å². The second-order valence-electron chi connectivity index (χ2n) is 7.53. The quantitative estimate of drug-likeness (QED) is 0.178. The highest BCUT2D eigenvalue weighted by atomic mass is 32.2. The first-order chi connectivity index (χ1) is 17.0. The normalized spacial score (nSPS) is 19.9. The van der Waals surface area contributed by atoms with Gasteiger partial charge >= 0.3 is 21.6 Å². The van der Waals surface area contributed by atoms with Crippen molar-refractivity contribution in [2.75, 3.05) is 5.75 Å². The van der Waals surface area contributed by atoms with Crippen LogP contribution in [0.5, 0.6) is 0 Å². The zero-order valence-electron chi connectivity index (χ0n) is 18.0. The van der Waals surface area contributed by atoms with E-state index in [9.17, 15) is 36.0 Å². The van der Waals surface area contributed by atoms with E-state index in [4.69, 9.17) is 4.74 Å². The Bertz CT molecular complexity index is 1260. The minimum Gasteiger partial charge on any atom is -0.448 e. The van der Waals surface area contributed by atoms with Gasteiger partial charge in [0.25, 0.3) is 5.91 Å². The van der Waals surface area contributed by atoms with Gasteiger partial charge in [-0.2, -0.15) is 21.6 Å². The molecule has 2 aromatic carbocycles. The van der Waals surface area contributed by atoms with Crippen LogP contribution in [0, 0.1) is 0 Å². The Morgan fingerprint density at radius 2 is 1.64 bits per heavy atom. The Hall–Kier alpha value is -3.52. The number of rotatable bonds is 8. The summed E-state index contributed by atoms with van der Waals surface area (Å²) in [6.07, 6.45) is -0.774. The molecule has 36 heavy (non-hydrogen) atoms. The number of carbonyl (C=O) groups is 3. The number of alkyl halides is 3. The van der Waals surface area contributed by atoms with Crippen molar-refractivity contribution < 1.29 is 44.9 Å². The summed E-state index contributed by atoms with van der Waals surface area (Å²) >= 11 is 0.818. The monoisotopic (exact) mass is 542 g/mol. The van der Waals surface area contributed by atoms with Gasteiger partial charge in [-0.3, -0.25) is 14.5 Å².